The zero-order valence-corrected chi connectivity index (χ0v) is 20.2. The molecule has 3 saturated carbocycles. The first-order chi connectivity index (χ1) is 15.3. The Labute approximate surface area is 194 Å². The first-order valence-corrected chi connectivity index (χ1v) is 11.9. The second kappa shape index (κ2) is 7.59. The zero-order chi connectivity index (χ0) is 24.6. The van der Waals surface area contributed by atoms with Gasteiger partial charge in [-0.05, 0) is 75.5 Å². The van der Waals surface area contributed by atoms with Crippen molar-refractivity contribution in [2.75, 3.05) is 13.7 Å². The molecule has 4 aliphatic rings. The molecule has 0 aromatic heterocycles. The lowest BCUT2D eigenvalue weighted by Crippen LogP contribution is -2.62. The SMILES string of the molecule is COC(=O)C(C)(C)C1=CC(=O)C=C2CC[C@@H]3[C@H]([C@@H](O)C[C@@]4(C)[C@H]3CC[C@]4(O)C(=O)CO)[C@]21C. The summed E-state index contributed by atoms with van der Waals surface area (Å²) < 4.78 is 5.08. The van der Waals surface area contributed by atoms with Crippen molar-refractivity contribution in [3.8, 4) is 0 Å². The van der Waals surface area contributed by atoms with Crippen molar-refractivity contribution in [1.29, 1.82) is 0 Å². The van der Waals surface area contributed by atoms with Crippen LogP contribution in [0.4, 0.5) is 0 Å². The average molecular weight is 461 g/mol. The lowest BCUT2D eigenvalue weighted by Gasteiger charge is -2.61. The summed E-state index contributed by atoms with van der Waals surface area (Å²) in [5.74, 6) is -1.49. The van der Waals surface area contributed by atoms with Gasteiger partial charge in [0.2, 0.25) is 0 Å². The van der Waals surface area contributed by atoms with Crippen molar-refractivity contribution in [1.82, 2.24) is 0 Å². The van der Waals surface area contributed by atoms with Crippen LogP contribution >= 0.6 is 0 Å². The number of hydrogen-bond donors (Lipinski definition) is 3. The van der Waals surface area contributed by atoms with E-state index >= 15 is 0 Å². The van der Waals surface area contributed by atoms with E-state index in [1.165, 1.54) is 13.2 Å². The summed E-state index contributed by atoms with van der Waals surface area (Å²) in [5.41, 5.74) is -2.73. The van der Waals surface area contributed by atoms with E-state index in [0.29, 0.717) is 18.4 Å². The Bertz CT molecular complexity index is 962. The van der Waals surface area contributed by atoms with Crippen LogP contribution in [0.2, 0.25) is 0 Å². The Morgan fingerprint density at radius 3 is 2.48 bits per heavy atom. The standard InChI is InChI=1S/C26H36O7/c1-23(2,22(31)33-5)19-11-15(28)10-14-6-7-16-17-8-9-26(32,20(30)13-27)24(17,3)12-18(29)21(16)25(14,19)4/h10-11,16-18,21,27,29,32H,6-9,12-13H2,1-5H3/t16-,17-,18-,21+,24-,25+,26-/m0/s1. The molecule has 0 aliphatic heterocycles. The van der Waals surface area contributed by atoms with Crippen molar-refractivity contribution in [3.63, 3.8) is 0 Å². The summed E-state index contributed by atoms with van der Waals surface area (Å²) in [5, 5.41) is 32.5. The van der Waals surface area contributed by atoms with E-state index < -0.39 is 46.3 Å². The number of carbonyl (C=O) groups excluding carboxylic acids is 3. The van der Waals surface area contributed by atoms with E-state index in [0.717, 1.165) is 12.0 Å². The summed E-state index contributed by atoms with van der Waals surface area (Å²) in [4.78, 5) is 38.0. The van der Waals surface area contributed by atoms with Crippen LogP contribution in [0.25, 0.3) is 0 Å². The lowest BCUT2D eigenvalue weighted by atomic mass is 9.43. The summed E-state index contributed by atoms with van der Waals surface area (Å²) in [6.45, 7) is 6.66. The normalized spacial score (nSPS) is 42.5. The van der Waals surface area contributed by atoms with E-state index in [9.17, 15) is 29.7 Å². The van der Waals surface area contributed by atoms with E-state index in [1.807, 2.05) is 13.8 Å². The number of allylic oxidation sites excluding steroid dienone is 3. The zero-order valence-electron chi connectivity index (χ0n) is 20.2. The minimum absolute atomic E-state index is 0.00790. The second-order valence-corrected chi connectivity index (χ2v) is 11.5. The first kappa shape index (κ1) is 24.3. The lowest BCUT2D eigenvalue weighted by molar-refractivity contribution is -0.180. The van der Waals surface area contributed by atoms with E-state index in [2.05, 4.69) is 0 Å². The van der Waals surface area contributed by atoms with Crippen molar-refractivity contribution in [2.24, 2.45) is 34.0 Å². The third kappa shape index (κ3) is 3.01. The maximum absolute atomic E-state index is 12.8. The number of methoxy groups -OCH3 is 1. The number of aliphatic hydroxyl groups is 3. The van der Waals surface area contributed by atoms with Crippen LogP contribution < -0.4 is 0 Å². The van der Waals surface area contributed by atoms with Gasteiger partial charge in [0.1, 0.15) is 12.2 Å². The molecule has 0 aromatic rings. The maximum Gasteiger partial charge on any atom is 0.315 e. The Balaban J connectivity index is 1.83. The van der Waals surface area contributed by atoms with Gasteiger partial charge in [0, 0.05) is 16.7 Å². The second-order valence-electron chi connectivity index (χ2n) is 11.5. The molecular formula is C26H36O7. The number of rotatable bonds is 4. The van der Waals surface area contributed by atoms with Gasteiger partial charge in [0.05, 0.1) is 18.6 Å². The van der Waals surface area contributed by atoms with Crippen LogP contribution in [0.1, 0.15) is 59.8 Å². The van der Waals surface area contributed by atoms with Crippen LogP contribution in [0.3, 0.4) is 0 Å². The van der Waals surface area contributed by atoms with Crippen LogP contribution in [-0.4, -0.2) is 58.3 Å². The molecule has 0 saturated heterocycles. The Morgan fingerprint density at radius 1 is 1.21 bits per heavy atom. The smallest absolute Gasteiger partial charge is 0.315 e. The fourth-order valence-electron chi connectivity index (χ4n) is 8.23. The molecule has 0 heterocycles. The van der Waals surface area contributed by atoms with Crippen molar-refractivity contribution in [2.45, 2.75) is 71.5 Å². The van der Waals surface area contributed by atoms with Crippen molar-refractivity contribution < 1.29 is 34.4 Å². The highest BCUT2D eigenvalue weighted by Crippen LogP contribution is 2.69. The molecule has 182 valence electrons. The summed E-state index contributed by atoms with van der Waals surface area (Å²) in [6.07, 6.45) is 4.79. The van der Waals surface area contributed by atoms with Gasteiger partial charge in [-0.1, -0.05) is 19.4 Å². The number of ether oxygens (including phenoxy) is 1. The maximum atomic E-state index is 12.8. The van der Waals surface area contributed by atoms with E-state index in [1.54, 1.807) is 19.9 Å². The van der Waals surface area contributed by atoms with Crippen LogP contribution in [-0.2, 0) is 19.1 Å². The largest absolute Gasteiger partial charge is 0.468 e. The first-order valence-electron chi connectivity index (χ1n) is 11.9. The van der Waals surface area contributed by atoms with Gasteiger partial charge < -0.3 is 20.1 Å². The molecule has 0 radical (unpaired) electrons. The molecule has 0 amide bonds. The number of Topliss-reactive ketones (excluding diaryl/α,β-unsaturated/α-hetero) is 1. The predicted octanol–water partition coefficient (Wildman–Crippen LogP) is 2.13. The molecule has 4 rings (SSSR count). The molecule has 33 heavy (non-hydrogen) atoms. The molecule has 0 unspecified atom stereocenters. The van der Waals surface area contributed by atoms with Crippen molar-refractivity contribution >= 4 is 17.5 Å². The summed E-state index contributed by atoms with van der Waals surface area (Å²) >= 11 is 0. The Kier molecular flexibility index (Phi) is 5.59. The molecule has 7 atom stereocenters. The molecule has 0 bridgehead atoms. The number of fused-ring (bicyclic) bond motifs is 5. The van der Waals surface area contributed by atoms with Crippen LogP contribution in [0, 0.1) is 34.0 Å². The molecule has 0 spiro atoms. The van der Waals surface area contributed by atoms with Gasteiger partial charge in [0.15, 0.2) is 11.6 Å². The highest BCUT2D eigenvalue weighted by Gasteiger charge is 2.69. The Morgan fingerprint density at radius 2 is 1.88 bits per heavy atom. The minimum atomic E-state index is -1.66. The van der Waals surface area contributed by atoms with Gasteiger partial charge in [-0.15, -0.1) is 0 Å². The number of carbonyl (C=O) groups is 3. The van der Waals surface area contributed by atoms with E-state index in [4.69, 9.17) is 4.74 Å². The van der Waals surface area contributed by atoms with Crippen LogP contribution in [0.15, 0.2) is 23.3 Å². The van der Waals surface area contributed by atoms with Gasteiger partial charge in [-0.2, -0.15) is 0 Å². The molecule has 4 aliphatic carbocycles. The fraction of sp³-hybridized carbons (Fsp3) is 0.731. The van der Waals surface area contributed by atoms with Crippen molar-refractivity contribution in [3.05, 3.63) is 23.3 Å². The van der Waals surface area contributed by atoms with Crippen LogP contribution in [0.5, 0.6) is 0 Å². The fourth-order valence-corrected chi connectivity index (χ4v) is 8.23. The topological polar surface area (TPSA) is 121 Å². The minimum Gasteiger partial charge on any atom is -0.468 e. The quantitative estimate of drug-likeness (QED) is 0.550. The number of aliphatic hydroxyl groups excluding tert-OH is 2. The molecule has 0 aromatic carbocycles. The summed E-state index contributed by atoms with van der Waals surface area (Å²) in [7, 11) is 1.33. The Hall–Kier alpha value is -1.83. The molecule has 7 heteroatoms. The van der Waals surface area contributed by atoms with Gasteiger partial charge in [-0.3, -0.25) is 14.4 Å². The van der Waals surface area contributed by atoms with Gasteiger partial charge in [-0.25, -0.2) is 0 Å². The highest BCUT2D eigenvalue weighted by atomic mass is 16.5. The molecule has 3 N–H and O–H groups in total. The monoisotopic (exact) mass is 460 g/mol. The predicted molar refractivity (Wildman–Crippen MR) is 120 cm³/mol. The number of ketones is 2. The number of hydrogen-bond acceptors (Lipinski definition) is 7. The average Bonchev–Trinajstić information content (AvgIpc) is 3.03. The summed E-state index contributed by atoms with van der Waals surface area (Å²) in [6, 6.07) is 0. The van der Waals surface area contributed by atoms with Gasteiger partial charge >= 0.3 is 5.97 Å². The molecule has 3 fully saturated rings. The number of esters is 1. The molecular weight excluding hydrogens is 424 g/mol. The molecule has 7 nitrogen and oxygen atoms in total. The third-order valence-electron chi connectivity index (χ3n) is 9.82. The van der Waals surface area contributed by atoms with Gasteiger partial charge in [0.25, 0.3) is 0 Å². The third-order valence-corrected chi connectivity index (χ3v) is 9.82. The highest BCUT2D eigenvalue weighted by molar-refractivity contribution is 6.03. The van der Waals surface area contributed by atoms with E-state index in [-0.39, 0.29) is 36.4 Å².